The molecule has 3 nitrogen and oxygen atoms in total. The van der Waals surface area contributed by atoms with Gasteiger partial charge in [0.2, 0.25) is 5.89 Å². The molecule has 0 saturated carbocycles. The molecule has 0 unspecified atom stereocenters. The summed E-state index contributed by atoms with van der Waals surface area (Å²) in [7, 11) is 0. The Hall–Kier alpha value is -1.00. The molecule has 3 rings (SSSR count). The van der Waals surface area contributed by atoms with Gasteiger partial charge in [-0.3, -0.25) is 4.90 Å². The van der Waals surface area contributed by atoms with Gasteiger partial charge >= 0.3 is 0 Å². The number of hydrogen-bond acceptors (Lipinski definition) is 4. The first-order chi connectivity index (χ1) is 9.88. The second kappa shape index (κ2) is 6.64. The van der Waals surface area contributed by atoms with Crippen molar-refractivity contribution in [1.82, 2.24) is 9.88 Å². The highest BCUT2D eigenvalue weighted by Crippen LogP contribution is 2.32. The third-order valence-electron chi connectivity index (χ3n) is 3.94. The highest BCUT2D eigenvalue weighted by Gasteiger charge is 2.27. The van der Waals surface area contributed by atoms with E-state index in [0.29, 0.717) is 6.04 Å². The summed E-state index contributed by atoms with van der Waals surface area (Å²) in [5.41, 5.74) is 1.90. The van der Waals surface area contributed by atoms with Gasteiger partial charge in [-0.15, -0.1) is 0 Å². The summed E-state index contributed by atoms with van der Waals surface area (Å²) < 4.78 is 5.98. The number of rotatable bonds is 5. The number of nitrogens with zero attached hydrogens (tertiary/aromatic N) is 2. The Morgan fingerprint density at radius 3 is 3.10 bits per heavy atom. The molecular formula is C16H22N2OS. The van der Waals surface area contributed by atoms with E-state index < -0.39 is 0 Å². The van der Waals surface area contributed by atoms with Crippen LogP contribution in [0, 0.1) is 0 Å². The molecule has 4 heteroatoms. The van der Waals surface area contributed by atoms with E-state index in [9.17, 15) is 0 Å². The quantitative estimate of drug-likeness (QED) is 0.775. The number of oxazole rings is 1. The summed E-state index contributed by atoms with van der Waals surface area (Å²) >= 11 is 2.01. The molecule has 1 aromatic heterocycles. The van der Waals surface area contributed by atoms with Crippen LogP contribution in [0.1, 0.15) is 38.1 Å². The maximum absolute atomic E-state index is 5.98. The first-order valence-corrected chi connectivity index (χ1v) is 8.71. The zero-order chi connectivity index (χ0) is 13.8. The van der Waals surface area contributed by atoms with E-state index in [-0.39, 0.29) is 0 Å². The molecule has 2 heterocycles. The number of piperidine rings is 1. The van der Waals surface area contributed by atoms with Gasteiger partial charge in [-0.05, 0) is 37.3 Å². The third kappa shape index (κ3) is 3.01. The van der Waals surface area contributed by atoms with E-state index in [4.69, 9.17) is 9.40 Å². The number of para-hydroxylation sites is 2. The van der Waals surface area contributed by atoms with Crippen LogP contribution in [-0.4, -0.2) is 34.5 Å². The average molecular weight is 290 g/mol. The van der Waals surface area contributed by atoms with E-state index in [1.165, 1.54) is 37.3 Å². The van der Waals surface area contributed by atoms with Gasteiger partial charge in [-0.25, -0.2) is 4.98 Å². The van der Waals surface area contributed by atoms with Crippen molar-refractivity contribution in [1.29, 1.82) is 0 Å². The average Bonchev–Trinajstić information content (AvgIpc) is 2.92. The van der Waals surface area contributed by atoms with Crippen molar-refractivity contribution in [2.45, 2.75) is 32.2 Å². The lowest BCUT2D eigenvalue weighted by Gasteiger charge is -2.33. The predicted molar refractivity (Wildman–Crippen MR) is 85.2 cm³/mol. The Bertz CT molecular complexity index is 521. The molecule has 2 aromatic rings. The Kier molecular flexibility index (Phi) is 4.63. The van der Waals surface area contributed by atoms with Gasteiger partial charge in [0.15, 0.2) is 5.58 Å². The van der Waals surface area contributed by atoms with E-state index in [1.54, 1.807) is 0 Å². The molecule has 20 heavy (non-hydrogen) atoms. The van der Waals surface area contributed by atoms with Crippen LogP contribution in [0.3, 0.4) is 0 Å². The maximum atomic E-state index is 5.98. The number of likely N-dealkylation sites (tertiary alicyclic amines) is 1. The summed E-state index contributed by atoms with van der Waals surface area (Å²) in [6.45, 7) is 4.54. The predicted octanol–water partition coefficient (Wildman–Crippen LogP) is 4.11. The van der Waals surface area contributed by atoms with E-state index >= 15 is 0 Å². The van der Waals surface area contributed by atoms with Crippen molar-refractivity contribution >= 4 is 22.9 Å². The lowest BCUT2D eigenvalue weighted by molar-refractivity contribution is 0.136. The fourth-order valence-electron chi connectivity index (χ4n) is 2.90. The van der Waals surface area contributed by atoms with Crippen LogP contribution in [0.2, 0.25) is 0 Å². The van der Waals surface area contributed by atoms with E-state index in [1.807, 2.05) is 36.0 Å². The van der Waals surface area contributed by atoms with Crippen molar-refractivity contribution < 1.29 is 4.42 Å². The number of benzene rings is 1. The van der Waals surface area contributed by atoms with Crippen molar-refractivity contribution in [2.24, 2.45) is 0 Å². The molecule has 1 aromatic carbocycles. The minimum atomic E-state index is 0.369. The molecule has 0 aliphatic carbocycles. The van der Waals surface area contributed by atoms with Crippen LogP contribution in [0.5, 0.6) is 0 Å². The molecule has 1 fully saturated rings. The maximum Gasteiger partial charge on any atom is 0.212 e. The minimum absolute atomic E-state index is 0.369. The second-order valence-electron chi connectivity index (χ2n) is 5.26. The van der Waals surface area contributed by atoms with Crippen LogP contribution < -0.4 is 0 Å². The van der Waals surface area contributed by atoms with Gasteiger partial charge in [0.25, 0.3) is 0 Å². The van der Waals surface area contributed by atoms with Crippen LogP contribution in [0.25, 0.3) is 11.1 Å². The summed E-state index contributed by atoms with van der Waals surface area (Å²) in [4.78, 5) is 7.25. The zero-order valence-corrected chi connectivity index (χ0v) is 12.9. The van der Waals surface area contributed by atoms with Crippen molar-refractivity contribution in [3.8, 4) is 0 Å². The molecule has 0 bridgehead atoms. The Balaban J connectivity index is 1.77. The number of aromatic nitrogens is 1. The first-order valence-electron chi connectivity index (χ1n) is 7.55. The summed E-state index contributed by atoms with van der Waals surface area (Å²) in [5, 5.41) is 0. The Morgan fingerprint density at radius 1 is 1.35 bits per heavy atom. The van der Waals surface area contributed by atoms with Crippen molar-refractivity contribution in [2.75, 3.05) is 24.6 Å². The van der Waals surface area contributed by atoms with Gasteiger partial charge in [0.1, 0.15) is 5.52 Å². The molecule has 1 atom stereocenters. The van der Waals surface area contributed by atoms with Crippen molar-refractivity contribution in [3.05, 3.63) is 30.2 Å². The topological polar surface area (TPSA) is 29.3 Å². The lowest BCUT2D eigenvalue weighted by atomic mass is 10.0. The molecule has 1 aliphatic heterocycles. The minimum Gasteiger partial charge on any atom is -0.439 e. The molecular weight excluding hydrogens is 268 g/mol. The largest absolute Gasteiger partial charge is 0.439 e. The highest BCUT2D eigenvalue weighted by atomic mass is 32.2. The molecule has 0 N–H and O–H groups in total. The standard InChI is InChI=1S/C16H22N2OS/c1-2-20-12-11-18-10-6-5-8-14(18)16-17-13-7-3-4-9-15(13)19-16/h3-4,7,9,14H,2,5-6,8,10-12H2,1H3/t14-/m1/s1. The monoisotopic (exact) mass is 290 g/mol. The van der Waals surface area contributed by atoms with Crippen LogP contribution in [-0.2, 0) is 0 Å². The van der Waals surface area contributed by atoms with Gasteiger partial charge in [-0.2, -0.15) is 11.8 Å². The lowest BCUT2D eigenvalue weighted by Crippen LogP contribution is -2.35. The Labute approximate surface area is 124 Å². The van der Waals surface area contributed by atoms with Crippen molar-refractivity contribution in [3.63, 3.8) is 0 Å². The molecule has 0 amide bonds. The third-order valence-corrected chi connectivity index (χ3v) is 4.82. The van der Waals surface area contributed by atoms with Crippen LogP contribution >= 0.6 is 11.8 Å². The highest BCUT2D eigenvalue weighted by molar-refractivity contribution is 7.99. The first kappa shape index (κ1) is 14.0. The van der Waals surface area contributed by atoms with Gasteiger partial charge in [0.05, 0.1) is 6.04 Å². The van der Waals surface area contributed by atoms with E-state index in [2.05, 4.69) is 11.8 Å². The van der Waals surface area contributed by atoms with Gasteiger partial charge < -0.3 is 4.42 Å². The van der Waals surface area contributed by atoms with Gasteiger partial charge in [-0.1, -0.05) is 25.5 Å². The van der Waals surface area contributed by atoms with Crippen LogP contribution in [0.15, 0.2) is 28.7 Å². The Morgan fingerprint density at radius 2 is 2.25 bits per heavy atom. The fourth-order valence-corrected chi connectivity index (χ4v) is 3.55. The smallest absolute Gasteiger partial charge is 0.212 e. The summed E-state index contributed by atoms with van der Waals surface area (Å²) in [6, 6.07) is 8.43. The van der Waals surface area contributed by atoms with Crippen LogP contribution in [0.4, 0.5) is 0 Å². The fraction of sp³-hybridized carbons (Fsp3) is 0.562. The molecule has 1 aliphatic rings. The second-order valence-corrected chi connectivity index (χ2v) is 6.66. The zero-order valence-electron chi connectivity index (χ0n) is 12.0. The number of fused-ring (bicyclic) bond motifs is 1. The summed E-state index contributed by atoms with van der Waals surface area (Å²) in [5.74, 6) is 3.31. The molecule has 1 saturated heterocycles. The van der Waals surface area contributed by atoms with E-state index in [0.717, 1.165) is 23.5 Å². The normalized spacial score (nSPS) is 20.6. The van der Waals surface area contributed by atoms with Gasteiger partial charge in [0, 0.05) is 12.3 Å². The molecule has 0 spiro atoms. The summed E-state index contributed by atoms with van der Waals surface area (Å²) in [6.07, 6.45) is 3.75. The molecule has 0 radical (unpaired) electrons. The number of thioether (sulfide) groups is 1. The number of hydrogen-bond donors (Lipinski definition) is 0. The SMILES string of the molecule is CCSCCN1CCCC[C@@H]1c1nc2ccccc2o1. The molecule has 108 valence electrons.